The number of para-hydroxylation sites is 2. The molecule has 7 aromatic rings. The van der Waals surface area contributed by atoms with E-state index in [1.807, 2.05) is 24.3 Å². The molecular formula is C45H37O3P. The van der Waals surface area contributed by atoms with Gasteiger partial charge in [-0.05, 0) is 61.2 Å². The van der Waals surface area contributed by atoms with Crippen molar-refractivity contribution >= 4 is 40.6 Å². The standard InChI is InChI=1S/C45H37O3P/c1-47-41-26-9-7-20-35(41)39-24-13-25-40(36-21-8-10-27-42(36)48-2)45(39)49-43(37-22-11-16-30-14-3-5-18-33(30)37)28-32(46)29-44(49)38-23-12-17-31-15-4-6-19-34(31)38/h3-27,43-44H,28-29H2,1-2H3. The van der Waals surface area contributed by atoms with Crippen molar-refractivity contribution < 1.29 is 14.3 Å². The van der Waals surface area contributed by atoms with Gasteiger partial charge in [-0.25, -0.2) is 0 Å². The maximum absolute atomic E-state index is 14.2. The minimum atomic E-state index is -1.07. The van der Waals surface area contributed by atoms with Crippen molar-refractivity contribution in [1.29, 1.82) is 0 Å². The predicted molar refractivity (Wildman–Crippen MR) is 205 cm³/mol. The summed E-state index contributed by atoms with van der Waals surface area (Å²) < 4.78 is 12.0. The Morgan fingerprint density at radius 1 is 0.469 bits per heavy atom. The van der Waals surface area contributed by atoms with Gasteiger partial charge in [-0.3, -0.25) is 4.79 Å². The lowest BCUT2D eigenvalue weighted by atomic mass is 9.94. The molecule has 0 amide bonds. The summed E-state index contributed by atoms with van der Waals surface area (Å²) in [5.41, 5.74) is 6.81. The smallest absolute Gasteiger partial charge is 0.134 e. The summed E-state index contributed by atoms with van der Waals surface area (Å²) in [6.45, 7) is 0. The molecule has 49 heavy (non-hydrogen) atoms. The average molecular weight is 657 g/mol. The van der Waals surface area contributed by atoms with Crippen LogP contribution in [0, 0.1) is 0 Å². The molecule has 4 heteroatoms. The van der Waals surface area contributed by atoms with Crippen LogP contribution in [0.3, 0.4) is 0 Å². The highest BCUT2D eigenvalue weighted by Gasteiger charge is 2.43. The van der Waals surface area contributed by atoms with Gasteiger partial charge in [-0.15, -0.1) is 0 Å². The van der Waals surface area contributed by atoms with E-state index >= 15 is 0 Å². The second-order valence-electron chi connectivity index (χ2n) is 12.6. The largest absolute Gasteiger partial charge is 0.496 e. The van der Waals surface area contributed by atoms with Crippen molar-refractivity contribution in [2.45, 2.75) is 24.2 Å². The molecule has 1 heterocycles. The van der Waals surface area contributed by atoms with Crippen LogP contribution in [0.5, 0.6) is 11.5 Å². The maximum Gasteiger partial charge on any atom is 0.134 e. The zero-order valence-electron chi connectivity index (χ0n) is 27.7. The lowest BCUT2D eigenvalue weighted by Crippen LogP contribution is -2.26. The highest BCUT2D eigenvalue weighted by Crippen LogP contribution is 2.69. The van der Waals surface area contributed by atoms with Crippen LogP contribution in [-0.4, -0.2) is 20.0 Å². The zero-order chi connectivity index (χ0) is 33.3. The van der Waals surface area contributed by atoms with E-state index in [-0.39, 0.29) is 11.3 Å². The summed E-state index contributed by atoms with van der Waals surface area (Å²) in [6.07, 6.45) is 0.985. The lowest BCUT2D eigenvalue weighted by molar-refractivity contribution is -0.119. The van der Waals surface area contributed by atoms with Gasteiger partial charge in [0.15, 0.2) is 0 Å². The fraction of sp³-hybridized carbons (Fsp3) is 0.133. The van der Waals surface area contributed by atoms with E-state index in [4.69, 9.17) is 9.47 Å². The second-order valence-corrected chi connectivity index (χ2v) is 15.1. The summed E-state index contributed by atoms with van der Waals surface area (Å²) in [6, 6.07) is 53.6. The second kappa shape index (κ2) is 13.3. The van der Waals surface area contributed by atoms with Crippen LogP contribution in [-0.2, 0) is 4.79 Å². The van der Waals surface area contributed by atoms with E-state index in [2.05, 4.69) is 127 Å². The Morgan fingerprint density at radius 2 is 0.857 bits per heavy atom. The number of carbonyl (C=O) groups is 1. The number of rotatable bonds is 7. The van der Waals surface area contributed by atoms with E-state index in [1.54, 1.807) is 14.2 Å². The van der Waals surface area contributed by atoms with Crippen molar-refractivity contribution in [3.8, 4) is 33.8 Å². The van der Waals surface area contributed by atoms with Crippen molar-refractivity contribution in [2.24, 2.45) is 0 Å². The van der Waals surface area contributed by atoms with Gasteiger partial charge in [0.05, 0.1) is 14.2 Å². The van der Waals surface area contributed by atoms with E-state index in [9.17, 15) is 4.79 Å². The summed E-state index contributed by atoms with van der Waals surface area (Å²) in [5.74, 6) is 1.96. The molecule has 1 fully saturated rings. The molecule has 0 N–H and O–H groups in total. The molecule has 1 aliphatic rings. The molecule has 3 nitrogen and oxygen atoms in total. The molecule has 8 rings (SSSR count). The highest BCUT2D eigenvalue weighted by molar-refractivity contribution is 7.67. The van der Waals surface area contributed by atoms with Crippen molar-refractivity contribution in [3.63, 3.8) is 0 Å². The van der Waals surface area contributed by atoms with Gasteiger partial charge in [0.1, 0.15) is 17.3 Å². The van der Waals surface area contributed by atoms with Gasteiger partial charge in [0.25, 0.3) is 0 Å². The molecule has 2 atom stereocenters. The highest BCUT2D eigenvalue weighted by atomic mass is 31.1. The molecule has 0 aliphatic carbocycles. The fourth-order valence-corrected chi connectivity index (χ4v) is 11.7. The first-order chi connectivity index (χ1) is 24.2. The molecule has 0 bridgehead atoms. The van der Waals surface area contributed by atoms with Gasteiger partial charge < -0.3 is 9.47 Å². The molecule has 0 saturated carbocycles. The summed E-state index contributed by atoms with van der Waals surface area (Å²) in [4.78, 5) is 14.2. The van der Waals surface area contributed by atoms with Crippen molar-refractivity contribution in [2.75, 3.05) is 14.2 Å². The Bertz CT molecular complexity index is 2160. The topological polar surface area (TPSA) is 35.5 Å². The van der Waals surface area contributed by atoms with Crippen LogP contribution in [0.15, 0.2) is 152 Å². The first-order valence-corrected chi connectivity index (χ1v) is 18.3. The number of fused-ring (bicyclic) bond motifs is 2. The summed E-state index contributed by atoms with van der Waals surface area (Å²) >= 11 is 0. The third-order valence-corrected chi connectivity index (χ3v) is 13.2. The monoisotopic (exact) mass is 656 g/mol. The third-order valence-electron chi connectivity index (χ3n) is 9.97. The average Bonchev–Trinajstić information content (AvgIpc) is 3.17. The molecule has 0 radical (unpaired) electrons. The van der Waals surface area contributed by atoms with Crippen molar-refractivity contribution in [3.05, 3.63) is 163 Å². The van der Waals surface area contributed by atoms with E-state index < -0.39 is 7.92 Å². The van der Waals surface area contributed by atoms with E-state index in [0.29, 0.717) is 18.6 Å². The number of ketones is 1. The first kappa shape index (κ1) is 31.1. The molecule has 2 unspecified atom stereocenters. The van der Waals surface area contributed by atoms with Crippen LogP contribution in [0.1, 0.15) is 35.3 Å². The number of carbonyl (C=O) groups excluding carboxylic acids is 1. The van der Waals surface area contributed by atoms with Crippen LogP contribution in [0.25, 0.3) is 43.8 Å². The summed E-state index contributed by atoms with van der Waals surface area (Å²) in [7, 11) is 2.41. The van der Waals surface area contributed by atoms with Crippen molar-refractivity contribution in [1.82, 2.24) is 0 Å². The Hall–Kier alpha value is -5.24. The molecular weight excluding hydrogens is 619 g/mol. The van der Waals surface area contributed by atoms with Gasteiger partial charge in [-0.1, -0.05) is 147 Å². The number of hydrogen-bond acceptors (Lipinski definition) is 3. The number of benzene rings is 7. The molecule has 1 saturated heterocycles. The Kier molecular flexibility index (Phi) is 8.46. The SMILES string of the molecule is COc1ccccc1-c1cccc(-c2ccccc2OC)c1P1C(c2cccc3ccccc23)CC(=O)CC1c1cccc2ccccc12. The van der Waals surface area contributed by atoms with Crippen LogP contribution in [0.4, 0.5) is 0 Å². The molecule has 7 aromatic carbocycles. The third kappa shape index (κ3) is 5.59. The van der Waals surface area contributed by atoms with Crippen LogP contribution in [0.2, 0.25) is 0 Å². The number of hydrogen-bond donors (Lipinski definition) is 0. The Morgan fingerprint density at radius 3 is 1.35 bits per heavy atom. The summed E-state index contributed by atoms with van der Waals surface area (Å²) in [5, 5.41) is 6.08. The Balaban J connectivity index is 1.50. The normalized spacial score (nSPS) is 17.7. The van der Waals surface area contributed by atoms with Gasteiger partial charge in [0, 0.05) is 35.3 Å². The molecule has 1 aliphatic heterocycles. The first-order valence-electron chi connectivity index (χ1n) is 16.8. The molecule has 0 spiro atoms. The number of methoxy groups -OCH3 is 2. The molecule has 240 valence electrons. The predicted octanol–water partition coefficient (Wildman–Crippen LogP) is 11.3. The van der Waals surface area contributed by atoms with Gasteiger partial charge in [-0.2, -0.15) is 0 Å². The fourth-order valence-electron chi connectivity index (χ4n) is 7.83. The van der Waals surface area contributed by atoms with E-state index in [0.717, 1.165) is 33.8 Å². The number of ether oxygens (including phenoxy) is 2. The minimum Gasteiger partial charge on any atom is -0.496 e. The number of Topliss-reactive ketones (excluding diaryl/α,β-unsaturated/α-hetero) is 1. The molecule has 0 aromatic heterocycles. The minimum absolute atomic E-state index is 0.0179. The zero-order valence-corrected chi connectivity index (χ0v) is 28.6. The van der Waals surface area contributed by atoms with E-state index in [1.165, 1.54) is 38.0 Å². The van der Waals surface area contributed by atoms with Gasteiger partial charge >= 0.3 is 0 Å². The maximum atomic E-state index is 14.2. The lowest BCUT2D eigenvalue weighted by Gasteiger charge is -2.42. The van der Waals surface area contributed by atoms with Gasteiger partial charge in [0.2, 0.25) is 0 Å². The van der Waals surface area contributed by atoms with Crippen LogP contribution < -0.4 is 14.8 Å². The van der Waals surface area contributed by atoms with Crippen LogP contribution >= 0.6 is 7.92 Å². The Labute approximate surface area is 288 Å². The quantitative estimate of drug-likeness (QED) is 0.160.